The topological polar surface area (TPSA) is 48.0 Å². The van der Waals surface area contributed by atoms with Gasteiger partial charge in [0.2, 0.25) is 0 Å². The van der Waals surface area contributed by atoms with E-state index in [4.69, 9.17) is 14.2 Å². The molecule has 3 heterocycles. The number of carbonyl (C=O) groups excluding carboxylic acids is 1. The minimum atomic E-state index is -0.480. The van der Waals surface area contributed by atoms with Gasteiger partial charge in [-0.3, -0.25) is 0 Å². The largest absolute Gasteiger partial charge is 0.487 e. The number of nitrogens with zero attached hydrogens (tertiary/aromatic N) is 1. The summed E-state index contributed by atoms with van der Waals surface area (Å²) in [4.78, 5) is 14.8. The van der Waals surface area contributed by atoms with Crippen LogP contribution in [0.15, 0.2) is 24.3 Å². The molecule has 0 saturated carbocycles. The summed E-state index contributed by atoms with van der Waals surface area (Å²) >= 11 is 0. The van der Waals surface area contributed by atoms with Crippen LogP contribution in [-0.4, -0.2) is 41.9 Å². The number of benzene rings is 1. The molecule has 0 aromatic heterocycles. The van der Waals surface area contributed by atoms with E-state index in [0.717, 1.165) is 44.4 Å². The van der Waals surface area contributed by atoms with E-state index in [0.29, 0.717) is 19.1 Å². The Bertz CT molecular complexity index is 847. The summed E-state index contributed by atoms with van der Waals surface area (Å²) in [6.45, 7) is 14.8. The second-order valence-electron chi connectivity index (χ2n) is 12.3. The molecule has 3 aliphatic rings. The van der Waals surface area contributed by atoms with Gasteiger partial charge < -0.3 is 19.1 Å². The van der Waals surface area contributed by atoms with Crippen molar-refractivity contribution in [3.05, 3.63) is 29.8 Å². The molecular weight excluding hydrogens is 414 g/mol. The van der Waals surface area contributed by atoms with E-state index in [-0.39, 0.29) is 29.1 Å². The molecule has 0 radical (unpaired) electrons. The van der Waals surface area contributed by atoms with Gasteiger partial charge >= 0.3 is 6.09 Å². The SMILES string of the molecule is CC(C)CCC[C@@]1(C)Oc2ccccc2[C@H]2OC[C@@]3(CCCN(C(=O)OC(C)(C)C)C3)C[C@@H]21. The number of piperidine rings is 1. The van der Waals surface area contributed by atoms with Gasteiger partial charge in [0, 0.05) is 30.0 Å². The lowest BCUT2D eigenvalue weighted by atomic mass is 9.64. The third-order valence-electron chi connectivity index (χ3n) is 7.71. The third-order valence-corrected chi connectivity index (χ3v) is 7.71. The van der Waals surface area contributed by atoms with Crippen molar-refractivity contribution in [3.8, 4) is 5.75 Å². The predicted molar refractivity (Wildman–Crippen MR) is 130 cm³/mol. The van der Waals surface area contributed by atoms with E-state index in [2.05, 4.69) is 45.0 Å². The van der Waals surface area contributed by atoms with Crippen LogP contribution in [0.3, 0.4) is 0 Å². The van der Waals surface area contributed by atoms with Crippen LogP contribution in [0, 0.1) is 17.3 Å². The average molecular weight is 458 g/mol. The van der Waals surface area contributed by atoms with Gasteiger partial charge in [-0.15, -0.1) is 0 Å². The minimum Gasteiger partial charge on any atom is -0.487 e. The van der Waals surface area contributed by atoms with Crippen molar-refractivity contribution in [2.45, 2.75) is 97.4 Å². The molecule has 1 spiro atoms. The molecule has 0 aliphatic carbocycles. The monoisotopic (exact) mass is 457 g/mol. The van der Waals surface area contributed by atoms with E-state index in [1.807, 2.05) is 25.7 Å². The number of amides is 1. The van der Waals surface area contributed by atoms with Gasteiger partial charge in [0.05, 0.1) is 12.7 Å². The van der Waals surface area contributed by atoms with E-state index >= 15 is 0 Å². The van der Waals surface area contributed by atoms with Gasteiger partial charge in [-0.1, -0.05) is 38.5 Å². The first-order chi connectivity index (χ1) is 15.5. The van der Waals surface area contributed by atoms with E-state index < -0.39 is 5.60 Å². The molecule has 0 unspecified atom stereocenters. The number of hydrogen-bond donors (Lipinski definition) is 0. The van der Waals surface area contributed by atoms with E-state index in [1.54, 1.807) is 0 Å². The number of rotatable bonds is 4. The van der Waals surface area contributed by atoms with Gasteiger partial charge in [-0.2, -0.15) is 0 Å². The smallest absolute Gasteiger partial charge is 0.410 e. The predicted octanol–water partition coefficient (Wildman–Crippen LogP) is 6.76. The summed E-state index contributed by atoms with van der Waals surface area (Å²) in [6, 6.07) is 8.38. The molecule has 2 saturated heterocycles. The van der Waals surface area contributed by atoms with Crippen molar-refractivity contribution in [2.75, 3.05) is 19.7 Å². The van der Waals surface area contributed by atoms with Crippen LogP contribution >= 0.6 is 0 Å². The van der Waals surface area contributed by atoms with Crippen LogP contribution in [0.2, 0.25) is 0 Å². The molecule has 1 amide bonds. The van der Waals surface area contributed by atoms with Gasteiger partial charge in [0.15, 0.2) is 0 Å². The Morgan fingerprint density at radius 3 is 2.76 bits per heavy atom. The summed E-state index contributed by atoms with van der Waals surface area (Å²) in [5.41, 5.74) is 0.394. The summed E-state index contributed by atoms with van der Waals surface area (Å²) in [6.07, 6.45) is 6.32. The molecule has 4 atom stereocenters. The van der Waals surface area contributed by atoms with Gasteiger partial charge in [0.1, 0.15) is 17.0 Å². The molecule has 5 heteroatoms. The third kappa shape index (κ3) is 5.34. The molecule has 3 aliphatic heterocycles. The summed E-state index contributed by atoms with van der Waals surface area (Å²) in [5, 5.41) is 0. The number of carbonyl (C=O) groups is 1. The first-order valence-electron chi connectivity index (χ1n) is 12.9. The normalized spacial score (nSPS) is 31.7. The van der Waals surface area contributed by atoms with Crippen molar-refractivity contribution in [2.24, 2.45) is 17.3 Å². The number of likely N-dealkylation sites (tertiary alicyclic amines) is 1. The molecule has 4 rings (SSSR count). The highest BCUT2D eigenvalue weighted by Crippen LogP contribution is 2.56. The Kier molecular flexibility index (Phi) is 6.74. The molecular formula is C28H43NO4. The van der Waals surface area contributed by atoms with Crippen molar-refractivity contribution < 1.29 is 19.0 Å². The van der Waals surface area contributed by atoms with Crippen LogP contribution < -0.4 is 4.74 Å². The first kappa shape index (κ1) is 24.4. The fourth-order valence-corrected chi connectivity index (χ4v) is 6.07. The van der Waals surface area contributed by atoms with Gasteiger partial charge in [-0.25, -0.2) is 4.79 Å². The van der Waals surface area contributed by atoms with Crippen molar-refractivity contribution in [1.82, 2.24) is 4.90 Å². The molecule has 184 valence electrons. The molecule has 0 bridgehead atoms. The maximum atomic E-state index is 12.9. The van der Waals surface area contributed by atoms with Crippen LogP contribution in [0.1, 0.15) is 91.7 Å². The Balaban J connectivity index is 1.57. The maximum Gasteiger partial charge on any atom is 0.410 e. The number of hydrogen-bond acceptors (Lipinski definition) is 4. The fourth-order valence-electron chi connectivity index (χ4n) is 6.07. The van der Waals surface area contributed by atoms with Crippen LogP contribution in [-0.2, 0) is 9.47 Å². The lowest BCUT2D eigenvalue weighted by molar-refractivity contribution is -0.181. The molecule has 2 fully saturated rings. The van der Waals surface area contributed by atoms with Crippen molar-refractivity contribution in [3.63, 3.8) is 0 Å². The van der Waals surface area contributed by atoms with Crippen LogP contribution in [0.5, 0.6) is 5.75 Å². The zero-order chi connectivity index (χ0) is 23.9. The van der Waals surface area contributed by atoms with Crippen LogP contribution in [0.4, 0.5) is 4.79 Å². The second kappa shape index (κ2) is 9.13. The Labute approximate surface area is 200 Å². The second-order valence-corrected chi connectivity index (χ2v) is 12.3. The van der Waals surface area contributed by atoms with Gasteiger partial charge in [0.25, 0.3) is 0 Å². The van der Waals surface area contributed by atoms with Crippen molar-refractivity contribution in [1.29, 1.82) is 0 Å². The summed E-state index contributed by atoms with van der Waals surface area (Å²) < 4.78 is 19.2. The minimum absolute atomic E-state index is 0.0364. The van der Waals surface area contributed by atoms with Crippen LogP contribution in [0.25, 0.3) is 0 Å². The maximum absolute atomic E-state index is 12.9. The van der Waals surface area contributed by atoms with E-state index in [9.17, 15) is 4.79 Å². The van der Waals surface area contributed by atoms with Gasteiger partial charge in [-0.05, 0) is 71.8 Å². The zero-order valence-electron chi connectivity index (χ0n) is 21.5. The summed E-state index contributed by atoms with van der Waals surface area (Å²) in [7, 11) is 0. The molecule has 1 aromatic carbocycles. The lowest BCUT2D eigenvalue weighted by Crippen LogP contribution is -2.57. The zero-order valence-corrected chi connectivity index (χ0v) is 21.5. The number of para-hydroxylation sites is 1. The average Bonchev–Trinajstić information content (AvgIpc) is 2.73. The Morgan fingerprint density at radius 1 is 1.27 bits per heavy atom. The lowest BCUT2D eigenvalue weighted by Gasteiger charge is -2.55. The molecule has 5 nitrogen and oxygen atoms in total. The van der Waals surface area contributed by atoms with E-state index in [1.165, 1.54) is 12.0 Å². The molecule has 1 aromatic rings. The number of fused-ring (bicyclic) bond motifs is 3. The number of ether oxygens (including phenoxy) is 3. The Morgan fingerprint density at radius 2 is 2.03 bits per heavy atom. The van der Waals surface area contributed by atoms with Crippen molar-refractivity contribution >= 4 is 6.09 Å². The molecule has 0 N–H and O–H groups in total. The fraction of sp³-hybridized carbons (Fsp3) is 0.750. The quantitative estimate of drug-likeness (QED) is 0.501. The standard InChI is InChI=1S/C28H43NO4/c1-20(2)11-9-14-27(6)22-17-28(15-10-16-29(18-28)25(30)33-26(3,4)5)19-31-24(22)21-12-7-8-13-23(21)32-27/h7-8,12-13,20,22,24H,9-11,14-19H2,1-6H3/t22-,24+,27+,28-/m0/s1. The summed E-state index contributed by atoms with van der Waals surface area (Å²) in [5.74, 6) is 1.93. The highest BCUT2D eigenvalue weighted by molar-refractivity contribution is 5.68. The Hall–Kier alpha value is -1.75. The highest BCUT2D eigenvalue weighted by atomic mass is 16.6. The molecule has 33 heavy (non-hydrogen) atoms. The highest BCUT2D eigenvalue weighted by Gasteiger charge is 2.54. The first-order valence-corrected chi connectivity index (χ1v) is 12.9.